The number of ether oxygens (including phenoxy) is 1. The highest BCUT2D eigenvalue weighted by Gasteiger charge is 2.12. The summed E-state index contributed by atoms with van der Waals surface area (Å²) in [6.07, 6.45) is 1.45. The monoisotopic (exact) mass is 562 g/mol. The molecule has 0 aliphatic rings. The third kappa shape index (κ3) is 6.31. The molecule has 0 spiro atoms. The smallest absolute Gasteiger partial charge is 0.343 e. The van der Waals surface area contributed by atoms with Gasteiger partial charge in [-0.3, -0.25) is 4.79 Å². The molecule has 3 rings (SSSR count). The second-order valence-electron chi connectivity index (χ2n) is 6.22. The van der Waals surface area contributed by atoms with E-state index < -0.39 is 11.9 Å². The lowest BCUT2D eigenvalue weighted by atomic mass is 10.1. The summed E-state index contributed by atoms with van der Waals surface area (Å²) in [5, 5.41) is 12.7. The van der Waals surface area contributed by atoms with Gasteiger partial charge in [0.25, 0.3) is 5.91 Å². The molecule has 31 heavy (non-hydrogen) atoms. The summed E-state index contributed by atoms with van der Waals surface area (Å²) >= 11 is 13.9. The van der Waals surface area contributed by atoms with Crippen LogP contribution in [0.1, 0.15) is 15.9 Å². The van der Waals surface area contributed by atoms with Crippen LogP contribution in [0, 0.1) is 14.9 Å². The Bertz CT molecular complexity index is 1220. The summed E-state index contributed by atoms with van der Waals surface area (Å²) in [7, 11) is 0. The van der Waals surface area contributed by atoms with Crippen molar-refractivity contribution in [3.8, 4) is 11.8 Å². The molecule has 3 aromatic carbocycles. The second-order valence-corrected chi connectivity index (χ2v) is 8.28. The number of rotatable bonds is 5. The Morgan fingerprint density at radius 1 is 1.00 bits per heavy atom. The number of halogens is 3. The minimum absolute atomic E-state index is 0.0561. The molecule has 0 bridgehead atoms. The maximum Gasteiger partial charge on any atom is 0.343 e. The molecule has 1 amide bonds. The topological polar surface area (TPSA) is 79.2 Å². The maximum atomic E-state index is 12.4. The van der Waals surface area contributed by atoms with Crippen LogP contribution in [0.25, 0.3) is 6.08 Å². The van der Waals surface area contributed by atoms with Crippen molar-refractivity contribution in [1.29, 1.82) is 5.26 Å². The van der Waals surface area contributed by atoms with Crippen LogP contribution in [0.3, 0.4) is 0 Å². The zero-order chi connectivity index (χ0) is 22.4. The predicted molar refractivity (Wildman–Crippen MR) is 129 cm³/mol. The summed E-state index contributed by atoms with van der Waals surface area (Å²) in [6, 6.07) is 20.0. The average Bonchev–Trinajstić information content (AvgIpc) is 2.75. The van der Waals surface area contributed by atoms with Gasteiger partial charge in [0.05, 0.1) is 15.6 Å². The first-order valence-electron chi connectivity index (χ1n) is 8.82. The maximum absolute atomic E-state index is 12.4. The molecule has 0 fully saturated rings. The number of esters is 1. The van der Waals surface area contributed by atoms with Crippen LogP contribution < -0.4 is 10.1 Å². The number of carbonyl (C=O) groups is 2. The molecule has 154 valence electrons. The number of carbonyl (C=O) groups excluding carboxylic acids is 2. The SMILES string of the molecule is N#C/C(=C\c1ccc(OC(=O)c2ccc(Cl)c(Cl)c2)cc1)C(=O)Nc1cccc(I)c1. The molecular weight excluding hydrogens is 550 g/mol. The van der Waals surface area contributed by atoms with Gasteiger partial charge >= 0.3 is 5.97 Å². The summed E-state index contributed by atoms with van der Waals surface area (Å²) in [5.74, 6) is -0.800. The van der Waals surface area contributed by atoms with Crippen LogP contribution in [-0.2, 0) is 4.79 Å². The Morgan fingerprint density at radius 3 is 2.39 bits per heavy atom. The third-order valence-electron chi connectivity index (χ3n) is 4.00. The first-order valence-corrected chi connectivity index (χ1v) is 10.6. The highest BCUT2D eigenvalue weighted by molar-refractivity contribution is 14.1. The Morgan fingerprint density at radius 2 is 1.74 bits per heavy atom. The number of hydrogen-bond donors (Lipinski definition) is 1. The van der Waals surface area contributed by atoms with Crippen molar-refractivity contribution in [1.82, 2.24) is 0 Å². The highest BCUT2D eigenvalue weighted by Crippen LogP contribution is 2.24. The molecule has 0 saturated heterocycles. The van der Waals surface area contributed by atoms with Crippen molar-refractivity contribution < 1.29 is 14.3 Å². The molecule has 0 aliphatic heterocycles. The quantitative estimate of drug-likeness (QED) is 0.129. The molecule has 8 heteroatoms. The van der Waals surface area contributed by atoms with E-state index in [0.717, 1.165) is 3.57 Å². The van der Waals surface area contributed by atoms with Gasteiger partial charge < -0.3 is 10.1 Å². The lowest BCUT2D eigenvalue weighted by molar-refractivity contribution is -0.112. The number of benzene rings is 3. The second kappa shape index (κ2) is 10.4. The average molecular weight is 563 g/mol. The molecule has 0 aliphatic carbocycles. The lowest BCUT2D eigenvalue weighted by Crippen LogP contribution is -2.13. The molecular formula is C23H13Cl2IN2O3. The van der Waals surface area contributed by atoms with E-state index in [1.54, 1.807) is 36.4 Å². The van der Waals surface area contributed by atoms with Crippen LogP contribution in [0.15, 0.2) is 72.3 Å². The first-order chi connectivity index (χ1) is 14.9. The molecule has 5 nitrogen and oxygen atoms in total. The molecule has 1 N–H and O–H groups in total. The van der Waals surface area contributed by atoms with Crippen molar-refractivity contribution in [3.05, 3.63) is 97.0 Å². The number of hydrogen-bond acceptors (Lipinski definition) is 4. The van der Waals surface area contributed by atoms with Gasteiger partial charge in [0.15, 0.2) is 0 Å². The molecule has 0 radical (unpaired) electrons. The van der Waals surface area contributed by atoms with E-state index in [0.29, 0.717) is 22.0 Å². The number of nitriles is 1. The van der Waals surface area contributed by atoms with Gasteiger partial charge in [0, 0.05) is 9.26 Å². The van der Waals surface area contributed by atoms with Crippen LogP contribution in [-0.4, -0.2) is 11.9 Å². The highest BCUT2D eigenvalue weighted by atomic mass is 127. The van der Waals surface area contributed by atoms with Gasteiger partial charge in [-0.25, -0.2) is 4.79 Å². The fourth-order valence-electron chi connectivity index (χ4n) is 2.50. The molecule has 0 atom stereocenters. The Kier molecular flexibility index (Phi) is 7.69. The molecule has 0 aromatic heterocycles. The van der Waals surface area contributed by atoms with Gasteiger partial charge in [0.1, 0.15) is 17.4 Å². The van der Waals surface area contributed by atoms with Gasteiger partial charge in [-0.15, -0.1) is 0 Å². The van der Waals surface area contributed by atoms with E-state index in [1.807, 2.05) is 18.2 Å². The van der Waals surface area contributed by atoms with Crippen molar-refractivity contribution >= 4 is 69.4 Å². The minimum atomic E-state index is -0.587. The van der Waals surface area contributed by atoms with Crippen LogP contribution in [0.4, 0.5) is 5.69 Å². The lowest BCUT2D eigenvalue weighted by Gasteiger charge is -2.06. The number of amides is 1. The van der Waals surface area contributed by atoms with Gasteiger partial charge in [-0.1, -0.05) is 41.4 Å². The summed E-state index contributed by atoms with van der Waals surface area (Å²) in [5.41, 5.74) is 1.41. The molecule has 0 unspecified atom stereocenters. The number of nitrogens with one attached hydrogen (secondary N) is 1. The molecule has 0 heterocycles. The third-order valence-corrected chi connectivity index (χ3v) is 5.41. The zero-order valence-corrected chi connectivity index (χ0v) is 19.4. The standard InChI is InChI=1S/C23H13Cl2IN2O3/c24-20-9-6-15(11-21(20)25)23(30)31-19-7-4-14(5-8-19)10-16(13-27)22(29)28-18-3-1-2-17(26)12-18/h1-12H,(H,28,29)/b16-10+. The van der Waals surface area contributed by atoms with E-state index >= 15 is 0 Å². The van der Waals surface area contributed by atoms with Crippen LogP contribution in [0.5, 0.6) is 5.75 Å². The van der Waals surface area contributed by atoms with E-state index in [9.17, 15) is 14.9 Å². The molecule has 3 aromatic rings. The van der Waals surface area contributed by atoms with Crippen molar-refractivity contribution in [3.63, 3.8) is 0 Å². The predicted octanol–water partition coefficient (Wildman–Crippen LogP) is 6.36. The summed E-state index contributed by atoms with van der Waals surface area (Å²) in [6.45, 7) is 0. The summed E-state index contributed by atoms with van der Waals surface area (Å²) in [4.78, 5) is 24.6. The Hall–Kier alpha value is -2.86. The van der Waals surface area contributed by atoms with Crippen molar-refractivity contribution in [2.24, 2.45) is 0 Å². The van der Waals surface area contributed by atoms with Gasteiger partial charge in [-0.2, -0.15) is 5.26 Å². The fraction of sp³-hybridized carbons (Fsp3) is 0. The van der Waals surface area contributed by atoms with Gasteiger partial charge in [0.2, 0.25) is 0 Å². The largest absolute Gasteiger partial charge is 0.423 e. The van der Waals surface area contributed by atoms with Crippen molar-refractivity contribution in [2.75, 3.05) is 5.32 Å². The normalized spacial score (nSPS) is 10.8. The van der Waals surface area contributed by atoms with Gasteiger partial charge in [-0.05, 0) is 82.8 Å². The van der Waals surface area contributed by atoms with E-state index in [4.69, 9.17) is 27.9 Å². The minimum Gasteiger partial charge on any atom is -0.423 e. The summed E-state index contributed by atoms with van der Waals surface area (Å²) < 4.78 is 6.27. The first kappa shape index (κ1) is 22.8. The Labute approximate surface area is 202 Å². The zero-order valence-electron chi connectivity index (χ0n) is 15.7. The number of anilines is 1. The van der Waals surface area contributed by atoms with E-state index in [2.05, 4.69) is 27.9 Å². The van der Waals surface area contributed by atoms with E-state index in [1.165, 1.54) is 24.3 Å². The fourth-order valence-corrected chi connectivity index (χ4v) is 3.34. The van der Waals surface area contributed by atoms with Crippen LogP contribution in [0.2, 0.25) is 10.0 Å². The van der Waals surface area contributed by atoms with E-state index in [-0.39, 0.29) is 16.2 Å². The van der Waals surface area contributed by atoms with Crippen LogP contribution >= 0.6 is 45.8 Å². The molecule has 0 saturated carbocycles. The Balaban J connectivity index is 1.69. The number of nitrogens with zero attached hydrogens (tertiary/aromatic N) is 1. The van der Waals surface area contributed by atoms with Crippen molar-refractivity contribution in [2.45, 2.75) is 0 Å².